The van der Waals surface area contributed by atoms with Crippen molar-refractivity contribution in [2.24, 2.45) is 4.74 Å². The van der Waals surface area contributed by atoms with E-state index >= 15 is 0 Å². The molecule has 1 aliphatic heterocycles. The summed E-state index contributed by atoms with van der Waals surface area (Å²) in [5, 5.41) is 1.67. The summed E-state index contributed by atoms with van der Waals surface area (Å²) < 4.78 is 15.4. The molecule has 0 spiro atoms. The molecule has 3 aromatic carbocycles. The summed E-state index contributed by atoms with van der Waals surface area (Å²) in [6.45, 7) is 13.5. The number of rotatable bonds is 8. The van der Waals surface area contributed by atoms with Gasteiger partial charge in [-0.1, -0.05) is 54.7 Å². The van der Waals surface area contributed by atoms with Gasteiger partial charge in [-0.25, -0.2) is 18.9 Å². The Morgan fingerprint density at radius 2 is 1.54 bits per heavy atom. The maximum absolute atomic E-state index is 13.9. The standard InChI is InChI=1S/C28H33Cl2N4O2P/c1-6-32(7-2)22-15-17-27-26(19-22)36-28(35)34(23-14-16-24(29)25(30)18-23)37(27,33(8-3)9-4)31-21-12-10-20(5)11-13-21/h10-19H,6-9H2,1-5H3/t37-/m1/s1. The van der Waals surface area contributed by atoms with Gasteiger partial charge in [0.1, 0.15) is 5.75 Å². The normalized spacial score (nSPS) is 17.0. The Morgan fingerprint density at radius 1 is 0.865 bits per heavy atom. The van der Waals surface area contributed by atoms with E-state index in [1.165, 1.54) is 0 Å². The molecule has 0 N–H and O–H groups in total. The van der Waals surface area contributed by atoms with Crippen molar-refractivity contribution in [1.82, 2.24) is 4.67 Å². The van der Waals surface area contributed by atoms with Crippen molar-refractivity contribution in [3.63, 3.8) is 0 Å². The van der Waals surface area contributed by atoms with E-state index in [4.69, 9.17) is 32.7 Å². The molecule has 1 aliphatic rings. The van der Waals surface area contributed by atoms with Gasteiger partial charge in [0.25, 0.3) is 0 Å². The maximum Gasteiger partial charge on any atom is 0.425 e. The van der Waals surface area contributed by atoms with Crippen LogP contribution in [0.5, 0.6) is 5.75 Å². The lowest BCUT2D eigenvalue weighted by molar-refractivity contribution is 0.210. The zero-order valence-electron chi connectivity index (χ0n) is 21.9. The topological polar surface area (TPSA) is 48.4 Å². The van der Waals surface area contributed by atoms with Crippen molar-refractivity contribution in [3.8, 4) is 5.75 Å². The van der Waals surface area contributed by atoms with Crippen molar-refractivity contribution in [3.05, 3.63) is 76.3 Å². The third-order valence-electron chi connectivity index (χ3n) is 6.61. The van der Waals surface area contributed by atoms with Gasteiger partial charge in [0.15, 0.2) is 7.36 Å². The lowest BCUT2D eigenvalue weighted by Crippen LogP contribution is -2.46. The molecular weight excluding hydrogens is 526 g/mol. The number of nitrogens with zero attached hydrogens (tertiary/aromatic N) is 4. The van der Waals surface area contributed by atoms with Gasteiger partial charge >= 0.3 is 6.09 Å². The van der Waals surface area contributed by atoms with Crippen LogP contribution in [0.25, 0.3) is 0 Å². The number of hydrogen-bond donors (Lipinski definition) is 0. The van der Waals surface area contributed by atoms with Crippen molar-refractivity contribution in [2.45, 2.75) is 34.6 Å². The molecule has 0 aliphatic carbocycles. The number of aryl methyl sites for hydroxylation is 1. The highest BCUT2D eigenvalue weighted by Crippen LogP contribution is 2.62. The van der Waals surface area contributed by atoms with E-state index in [0.29, 0.717) is 34.6 Å². The zero-order valence-corrected chi connectivity index (χ0v) is 24.3. The van der Waals surface area contributed by atoms with Crippen LogP contribution in [0.2, 0.25) is 10.0 Å². The monoisotopic (exact) mass is 558 g/mol. The Morgan fingerprint density at radius 3 is 2.14 bits per heavy atom. The highest BCUT2D eigenvalue weighted by molar-refractivity contribution is 7.74. The first-order valence-corrected chi connectivity index (χ1v) is 15.0. The van der Waals surface area contributed by atoms with Gasteiger partial charge in [-0.15, -0.1) is 0 Å². The predicted molar refractivity (Wildman–Crippen MR) is 158 cm³/mol. The summed E-state index contributed by atoms with van der Waals surface area (Å²) >= 11 is 12.7. The number of carbonyl (C=O) groups is 1. The van der Waals surface area contributed by atoms with Crippen LogP contribution in [0.3, 0.4) is 0 Å². The average molecular weight is 559 g/mol. The molecular formula is C28H33Cl2N4O2P. The van der Waals surface area contributed by atoms with Crippen LogP contribution >= 0.6 is 30.6 Å². The highest BCUT2D eigenvalue weighted by atomic mass is 35.5. The predicted octanol–water partition coefficient (Wildman–Crippen LogP) is 8.50. The van der Waals surface area contributed by atoms with Crippen LogP contribution in [0.1, 0.15) is 33.3 Å². The van der Waals surface area contributed by atoms with Crippen LogP contribution in [-0.2, 0) is 0 Å². The van der Waals surface area contributed by atoms with Crippen LogP contribution in [0.4, 0.5) is 21.9 Å². The molecule has 0 aromatic heterocycles. The number of fused-ring (bicyclic) bond motifs is 1. The largest absolute Gasteiger partial charge is 0.425 e. The summed E-state index contributed by atoms with van der Waals surface area (Å²) in [6.07, 6.45) is -0.487. The molecule has 1 heterocycles. The van der Waals surface area contributed by atoms with E-state index in [9.17, 15) is 4.79 Å². The molecule has 196 valence electrons. The number of halogens is 2. The minimum absolute atomic E-state index is 0.364. The van der Waals surface area contributed by atoms with Crippen molar-refractivity contribution in [1.29, 1.82) is 0 Å². The van der Waals surface area contributed by atoms with Gasteiger partial charge < -0.3 is 9.64 Å². The summed E-state index contributed by atoms with van der Waals surface area (Å²) in [5.41, 5.74) is 3.54. The number of benzene rings is 3. The number of amides is 1. The third kappa shape index (κ3) is 5.13. The third-order valence-corrected chi connectivity index (χ3v) is 11.2. The molecule has 1 atom stereocenters. The molecule has 0 radical (unpaired) electrons. The molecule has 0 saturated heterocycles. The summed E-state index contributed by atoms with van der Waals surface area (Å²) in [6, 6.07) is 19.4. The summed E-state index contributed by atoms with van der Waals surface area (Å²) in [7, 11) is -2.92. The SMILES string of the molecule is CCN(CC)c1ccc2c(c1)OC(=O)N(c1ccc(Cl)c(Cl)c1)[P@]2(=Nc1ccc(C)cc1)N(CC)CC. The lowest BCUT2D eigenvalue weighted by Gasteiger charge is -2.45. The Labute approximate surface area is 229 Å². The first kappa shape index (κ1) is 27.5. The van der Waals surface area contributed by atoms with E-state index < -0.39 is 13.4 Å². The quantitative estimate of drug-likeness (QED) is 0.260. The Hall–Kier alpha value is -2.50. The second-order valence-corrected chi connectivity index (χ2v) is 12.3. The number of hydrogen-bond acceptors (Lipinski definition) is 4. The summed E-state index contributed by atoms with van der Waals surface area (Å²) in [4.78, 5) is 16.2. The smallest absolute Gasteiger partial charge is 0.409 e. The van der Waals surface area contributed by atoms with Crippen LogP contribution in [0, 0.1) is 6.92 Å². The minimum atomic E-state index is -2.92. The van der Waals surface area contributed by atoms with E-state index in [2.05, 4.69) is 49.4 Å². The van der Waals surface area contributed by atoms with Crippen LogP contribution < -0.4 is 19.6 Å². The molecule has 4 rings (SSSR count). The molecule has 9 heteroatoms. The average Bonchev–Trinajstić information content (AvgIpc) is 2.88. The van der Waals surface area contributed by atoms with Gasteiger partial charge in [0.2, 0.25) is 0 Å². The van der Waals surface area contributed by atoms with Gasteiger partial charge in [0, 0.05) is 37.9 Å². The first-order valence-electron chi connectivity index (χ1n) is 12.6. The molecule has 37 heavy (non-hydrogen) atoms. The fraction of sp³-hybridized carbons (Fsp3) is 0.321. The van der Waals surface area contributed by atoms with Crippen molar-refractivity contribution < 1.29 is 9.53 Å². The molecule has 0 saturated carbocycles. The second kappa shape index (κ2) is 11.5. The van der Waals surface area contributed by atoms with Crippen molar-refractivity contribution >= 4 is 59.0 Å². The number of carbonyl (C=O) groups excluding carboxylic acids is 1. The van der Waals surface area contributed by atoms with Crippen LogP contribution in [0.15, 0.2) is 65.4 Å². The molecule has 0 bridgehead atoms. The molecule has 3 aromatic rings. The van der Waals surface area contributed by atoms with E-state index in [-0.39, 0.29) is 0 Å². The minimum Gasteiger partial charge on any atom is -0.409 e. The molecule has 6 nitrogen and oxygen atoms in total. The Bertz CT molecular complexity index is 1340. The molecule has 1 amide bonds. The van der Waals surface area contributed by atoms with Gasteiger partial charge in [0.05, 0.1) is 26.7 Å². The van der Waals surface area contributed by atoms with Crippen LogP contribution in [-0.4, -0.2) is 36.9 Å². The second-order valence-electron chi connectivity index (χ2n) is 8.75. The summed E-state index contributed by atoms with van der Waals surface area (Å²) in [5.74, 6) is 0.543. The van der Waals surface area contributed by atoms with Crippen molar-refractivity contribution in [2.75, 3.05) is 35.7 Å². The van der Waals surface area contributed by atoms with E-state index in [0.717, 1.165) is 35.3 Å². The zero-order chi connectivity index (χ0) is 26.7. The van der Waals surface area contributed by atoms with E-state index in [1.807, 2.05) is 37.3 Å². The van der Waals surface area contributed by atoms with Gasteiger partial charge in [-0.05, 0) is 63.2 Å². The Kier molecular flexibility index (Phi) is 8.55. The van der Waals surface area contributed by atoms with Gasteiger partial charge in [-0.3, -0.25) is 0 Å². The van der Waals surface area contributed by atoms with Gasteiger partial charge in [-0.2, -0.15) is 0 Å². The number of anilines is 2. The fourth-order valence-electron chi connectivity index (χ4n) is 4.69. The fourth-order valence-corrected chi connectivity index (χ4v) is 8.72. The highest BCUT2D eigenvalue weighted by Gasteiger charge is 2.46. The maximum atomic E-state index is 13.9. The molecule has 0 unspecified atom stereocenters. The molecule has 0 fully saturated rings. The number of ether oxygens (including phenoxy) is 1. The first-order chi connectivity index (χ1) is 17.8. The Balaban J connectivity index is 2.10. The van der Waals surface area contributed by atoms with E-state index in [1.54, 1.807) is 22.9 Å². The lowest BCUT2D eigenvalue weighted by atomic mass is 10.2.